The van der Waals surface area contributed by atoms with Gasteiger partial charge in [0, 0.05) is 16.4 Å². The SMILES string of the molecule is CC1(C)c2ccccc2-c2c(-c3c4ccccc4c(-c4cc(-c5ccccc5)c5ccccc5n4)c4ccc(-c5ccccc5)cc34)cccc21. The summed E-state index contributed by atoms with van der Waals surface area (Å²) in [4.78, 5) is 5.42. The standard InChI is InChI=1S/C50H35N/c1-50(2)43-25-13-11-23-39(43)48-40(24-15-26-44(48)50)47-36-21-9-10-22-37(36)49(38-29-28-34(30-42(38)47)32-16-5-3-6-17-32)46-31-41(33-18-7-4-8-19-33)35-20-12-14-27-45(35)51-46/h3-31H,1-2H3. The summed E-state index contributed by atoms with van der Waals surface area (Å²) in [6.07, 6.45) is 0. The van der Waals surface area contributed by atoms with E-state index in [2.05, 4.69) is 190 Å². The molecule has 1 heterocycles. The smallest absolute Gasteiger partial charge is 0.0728 e. The summed E-state index contributed by atoms with van der Waals surface area (Å²) in [7, 11) is 0. The zero-order valence-corrected chi connectivity index (χ0v) is 28.7. The highest BCUT2D eigenvalue weighted by atomic mass is 14.7. The van der Waals surface area contributed by atoms with Crippen LogP contribution in [0.5, 0.6) is 0 Å². The van der Waals surface area contributed by atoms with Crippen molar-refractivity contribution in [1.29, 1.82) is 0 Å². The lowest BCUT2D eigenvalue weighted by molar-refractivity contribution is 0.660. The van der Waals surface area contributed by atoms with Gasteiger partial charge < -0.3 is 0 Å². The molecule has 1 nitrogen and oxygen atoms in total. The van der Waals surface area contributed by atoms with Crippen molar-refractivity contribution >= 4 is 32.4 Å². The Balaban J connectivity index is 1.36. The number of benzene rings is 8. The van der Waals surface area contributed by atoms with E-state index < -0.39 is 0 Å². The highest BCUT2D eigenvalue weighted by Gasteiger charge is 2.37. The molecule has 0 N–H and O–H groups in total. The molecule has 0 saturated carbocycles. The maximum atomic E-state index is 5.42. The largest absolute Gasteiger partial charge is 0.248 e. The van der Waals surface area contributed by atoms with Gasteiger partial charge in [0.25, 0.3) is 0 Å². The van der Waals surface area contributed by atoms with Gasteiger partial charge in [-0.15, -0.1) is 0 Å². The van der Waals surface area contributed by atoms with Crippen LogP contribution >= 0.6 is 0 Å². The first kappa shape index (κ1) is 29.6. The van der Waals surface area contributed by atoms with Gasteiger partial charge in [-0.05, 0) is 95.4 Å². The molecule has 1 aromatic heterocycles. The molecule has 0 atom stereocenters. The molecule has 0 amide bonds. The zero-order valence-electron chi connectivity index (χ0n) is 28.7. The van der Waals surface area contributed by atoms with Crippen LogP contribution < -0.4 is 0 Å². The van der Waals surface area contributed by atoms with E-state index >= 15 is 0 Å². The predicted octanol–water partition coefficient (Wildman–Crippen LogP) is 13.5. The Labute approximate surface area is 298 Å². The molecule has 1 aliphatic rings. The number of aromatic nitrogens is 1. The summed E-state index contributed by atoms with van der Waals surface area (Å²) in [5.41, 5.74) is 15.8. The van der Waals surface area contributed by atoms with Gasteiger partial charge >= 0.3 is 0 Å². The highest BCUT2D eigenvalue weighted by molar-refractivity contribution is 6.23. The average Bonchev–Trinajstić information content (AvgIpc) is 3.43. The Morgan fingerprint density at radius 1 is 0.353 bits per heavy atom. The van der Waals surface area contributed by atoms with Crippen molar-refractivity contribution in [3.63, 3.8) is 0 Å². The van der Waals surface area contributed by atoms with Gasteiger partial charge in [0.15, 0.2) is 0 Å². The predicted molar refractivity (Wildman–Crippen MR) is 216 cm³/mol. The van der Waals surface area contributed by atoms with Gasteiger partial charge in [0.2, 0.25) is 0 Å². The van der Waals surface area contributed by atoms with E-state index in [-0.39, 0.29) is 5.41 Å². The molecule has 0 bridgehead atoms. The molecule has 1 aliphatic carbocycles. The number of para-hydroxylation sites is 1. The fourth-order valence-electron chi connectivity index (χ4n) is 8.68. The molecule has 0 spiro atoms. The maximum Gasteiger partial charge on any atom is 0.0728 e. The summed E-state index contributed by atoms with van der Waals surface area (Å²) >= 11 is 0. The van der Waals surface area contributed by atoms with Crippen molar-refractivity contribution in [2.24, 2.45) is 0 Å². The summed E-state index contributed by atoms with van der Waals surface area (Å²) in [5.74, 6) is 0. The molecular formula is C50H35N. The Bertz CT molecular complexity index is 2810. The fourth-order valence-corrected chi connectivity index (χ4v) is 8.68. The molecule has 0 fully saturated rings. The summed E-state index contributed by atoms with van der Waals surface area (Å²) in [6, 6.07) is 64.2. The Kier molecular flexibility index (Phi) is 6.60. The third-order valence-corrected chi connectivity index (χ3v) is 11.1. The minimum Gasteiger partial charge on any atom is -0.248 e. The molecule has 240 valence electrons. The third kappa shape index (κ3) is 4.51. The minimum atomic E-state index is -0.0917. The Morgan fingerprint density at radius 3 is 1.73 bits per heavy atom. The lowest BCUT2D eigenvalue weighted by atomic mass is 9.80. The summed E-state index contributed by atoms with van der Waals surface area (Å²) in [5, 5.41) is 6.03. The van der Waals surface area contributed by atoms with Gasteiger partial charge in [-0.2, -0.15) is 0 Å². The molecule has 8 aromatic carbocycles. The van der Waals surface area contributed by atoms with Crippen LogP contribution in [-0.2, 0) is 5.41 Å². The minimum absolute atomic E-state index is 0.0917. The number of fused-ring (bicyclic) bond motifs is 6. The van der Waals surface area contributed by atoms with E-state index in [0.717, 1.165) is 16.6 Å². The topological polar surface area (TPSA) is 12.9 Å². The van der Waals surface area contributed by atoms with E-state index in [0.29, 0.717) is 0 Å². The van der Waals surface area contributed by atoms with Crippen molar-refractivity contribution in [3.8, 4) is 55.8 Å². The van der Waals surface area contributed by atoms with Crippen molar-refractivity contribution in [3.05, 3.63) is 187 Å². The number of hydrogen-bond donors (Lipinski definition) is 0. The van der Waals surface area contributed by atoms with Crippen molar-refractivity contribution in [2.45, 2.75) is 19.3 Å². The van der Waals surface area contributed by atoms with Crippen LogP contribution in [0.1, 0.15) is 25.0 Å². The van der Waals surface area contributed by atoms with Crippen LogP contribution in [0, 0.1) is 0 Å². The zero-order chi connectivity index (χ0) is 34.1. The second-order valence-corrected chi connectivity index (χ2v) is 14.3. The Morgan fingerprint density at radius 2 is 0.941 bits per heavy atom. The Hall–Kier alpha value is -6.31. The molecule has 51 heavy (non-hydrogen) atoms. The van der Waals surface area contributed by atoms with Crippen LogP contribution in [0.3, 0.4) is 0 Å². The first-order valence-electron chi connectivity index (χ1n) is 17.8. The number of rotatable bonds is 4. The van der Waals surface area contributed by atoms with E-state index in [1.54, 1.807) is 0 Å². The summed E-state index contributed by atoms with van der Waals surface area (Å²) < 4.78 is 0. The lowest BCUT2D eigenvalue weighted by Gasteiger charge is -2.23. The molecule has 0 saturated heterocycles. The van der Waals surface area contributed by atoms with Gasteiger partial charge in [0.05, 0.1) is 11.2 Å². The van der Waals surface area contributed by atoms with Crippen molar-refractivity contribution in [1.82, 2.24) is 4.98 Å². The van der Waals surface area contributed by atoms with Crippen LogP contribution in [0.25, 0.3) is 88.2 Å². The molecule has 0 radical (unpaired) electrons. The van der Waals surface area contributed by atoms with Gasteiger partial charge in [-0.3, -0.25) is 0 Å². The first-order chi connectivity index (χ1) is 25.1. The number of pyridine rings is 1. The van der Waals surface area contributed by atoms with E-state index in [1.807, 2.05) is 0 Å². The normalized spacial score (nSPS) is 13.1. The van der Waals surface area contributed by atoms with Crippen LogP contribution in [0.4, 0.5) is 0 Å². The summed E-state index contributed by atoms with van der Waals surface area (Å²) in [6.45, 7) is 4.73. The van der Waals surface area contributed by atoms with Crippen LogP contribution in [-0.4, -0.2) is 4.98 Å². The third-order valence-electron chi connectivity index (χ3n) is 11.1. The lowest BCUT2D eigenvalue weighted by Crippen LogP contribution is -2.14. The fraction of sp³-hybridized carbons (Fsp3) is 0.0600. The second kappa shape index (κ2) is 11.4. The van der Waals surface area contributed by atoms with E-state index in [9.17, 15) is 0 Å². The molecule has 1 heteroatoms. The van der Waals surface area contributed by atoms with Crippen LogP contribution in [0.2, 0.25) is 0 Å². The van der Waals surface area contributed by atoms with Crippen molar-refractivity contribution < 1.29 is 0 Å². The maximum absolute atomic E-state index is 5.42. The quantitative estimate of drug-likeness (QED) is 0.173. The molecule has 0 aliphatic heterocycles. The molecular weight excluding hydrogens is 615 g/mol. The number of nitrogens with zero attached hydrogens (tertiary/aromatic N) is 1. The van der Waals surface area contributed by atoms with Crippen molar-refractivity contribution in [2.75, 3.05) is 0 Å². The van der Waals surface area contributed by atoms with E-state index in [4.69, 9.17) is 4.98 Å². The monoisotopic (exact) mass is 649 g/mol. The second-order valence-electron chi connectivity index (χ2n) is 14.3. The van der Waals surface area contributed by atoms with Gasteiger partial charge in [-0.25, -0.2) is 4.98 Å². The highest BCUT2D eigenvalue weighted by Crippen LogP contribution is 2.54. The molecule has 9 aromatic rings. The average molecular weight is 650 g/mol. The van der Waals surface area contributed by atoms with E-state index in [1.165, 1.54) is 82.7 Å². The number of hydrogen-bond acceptors (Lipinski definition) is 1. The molecule has 0 unspecified atom stereocenters. The van der Waals surface area contributed by atoms with Gasteiger partial charge in [-0.1, -0.05) is 172 Å². The van der Waals surface area contributed by atoms with Gasteiger partial charge in [0.1, 0.15) is 0 Å². The molecule has 10 rings (SSSR count). The first-order valence-corrected chi connectivity index (χ1v) is 17.8. The van der Waals surface area contributed by atoms with Crippen LogP contribution in [0.15, 0.2) is 176 Å².